The fourth-order valence-electron chi connectivity index (χ4n) is 2.92. The summed E-state index contributed by atoms with van der Waals surface area (Å²) in [5.41, 5.74) is 1.79. The molecule has 0 aromatic heterocycles. The summed E-state index contributed by atoms with van der Waals surface area (Å²) < 4.78 is 21.2. The lowest BCUT2D eigenvalue weighted by Gasteiger charge is -2.21. The zero-order valence-corrected chi connectivity index (χ0v) is 14.0. The van der Waals surface area contributed by atoms with Crippen molar-refractivity contribution in [3.63, 3.8) is 0 Å². The van der Waals surface area contributed by atoms with E-state index < -0.39 is 12.2 Å². The second-order valence-electron chi connectivity index (χ2n) is 6.08. The van der Waals surface area contributed by atoms with Gasteiger partial charge in [0.05, 0.1) is 0 Å². The van der Waals surface area contributed by atoms with E-state index in [1.165, 1.54) is 0 Å². The average Bonchev–Trinajstić information content (AvgIpc) is 3.33. The molecule has 2 heterocycles. The van der Waals surface area contributed by atoms with Gasteiger partial charge in [0, 0.05) is 0 Å². The van der Waals surface area contributed by atoms with Crippen molar-refractivity contribution < 1.29 is 29.2 Å². The number of fused-ring (bicyclic) bond motifs is 2. The first-order valence-corrected chi connectivity index (χ1v) is 8.08. The molecular formula is C20H18O6. The Morgan fingerprint density at radius 1 is 0.692 bits per heavy atom. The van der Waals surface area contributed by atoms with Gasteiger partial charge < -0.3 is 29.2 Å². The molecule has 134 valence electrons. The predicted molar refractivity (Wildman–Crippen MR) is 93.3 cm³/mol. The molecule has 0 radical (unpaired) electrons. The SMILES string of the molecule is C=C(C(=C)[C@@H](O)c1ccc2c(c1)OCO2)[C@@H](O)c1ccc2c(c1)OCO2. The summed E-state index contributed by atoms with van der Waals surface area (Å²) in [6.45, 7) is 8.13. The highest BCUT2D eigenvalue weighted by Gasteiger charge is 2.24. The minimum absolute atomic E-state index is 0.158. The van der Waals surface area contributed by atoms with E-state index in [0.29, 0.717) is 45.3 Å². The minimum Gasteiger partial charge on any atom is -0.454 e. The van der Waals surface area contributed by atoms with Gasteiger partial charge in [-0.1, -0.05) is 25.3 Å². The van der Waals surface area contributed by atoms with Crippen LogP contribution >= 0.6 is 0 Å². The van der Waals surface area contributed by atoms with E-state index in [1.807, 2.05) is 0 Å². The van der Waals surface area contributed by atoms with Crippen LogP contribution in [0.4, 0.5) is 0 Å². The Morgan fingerprint density at radius 3 is 1.50 bits per heavy atom. The van der Waals surface area contributed by atoms with E-state index in [2.05, 4.69) is 13.2 Å². The molecule has 0 bridgehead atoms. The van der Waals surface area contributed by atoms with E-state index in [4.69, 9.17) is 18.9 Å². The van der Waals surface area contributed by atoms with E-state index >= 15 is 0 Å². The molecule has 2 aromatic rings. The first kappa shape index (κ1) is 16.5. The third-order valence-corrected chi connectivity index (χ3v) is 4.50. The third kappa shape index (κ3) is 2.79. The maximum Gasteiger partial charge on any atom is 0.231 e. The molecule has 26 heavy (non-hydrogen) atoms. The van der Waals surface area contributed by atoms with Gasteiger partial charge in [-0.2, -0.15) is 0 Å². The average molecular weight is 354 g/mol. The van der Waals surface area contributed by atoms with Crippen molar-refractivity contribution >= 4 is 0 Å². The highest BCUT2D eigenvalue weighted by atomic mass is 16.7. The Kier molecular flexibility index (Phi) is 4.06. The van der Waals surface area contributed by atoms with Crippen LogP contribution in [0.15, 0.2) is 60.7 Å². The molecule has 0 unspecified atom stereocenters. The minimum atomic E-state index is -1.03. The number of benzene rings is 2. The van der Waals surface area contributed by atoms with Crippen molar-refractivity contribution in [3.8, 4) is 23.0 Å². The second kappa shape index (κ2) is 6.40. The van der Waals surface area contributed by atoms with E-state index in [0.717, 1.165) is 0 Å². The van der Waals surface area contributed by atoms with Crippen LogP contribution < -0.4 is 18.9 Å². The van der Waals surface area contributed by atoms with Crippen LogP contribution in [0, 0.1) is 0 Å². The molecule has 2 aliphatic heterocycles. The smallest absolute Gasteiger partial charge is 0.231 e. The van der Waals surface area contributed by atoms with Gasteiger partial charge in [-0.3, -0.25) is 0 Å². The number of hydrogen-bond acceptors (Lipinski definition) is 6. The van der Waals surface area contributed by atoms with E-state index in [9.17, 15) is 10.2 Å². The van der Waals surface area contributed by atoms with Gasteiger partial charge in [-0.05, 0) is 46.5 Å². The molecular weight excluding hydrogens is 336 g/mol. The Morgan fingerprint density at radius 2 is 1.08 bits per heavy atom. The van der Waals surface area contributed by atoms with Gasteiger partial charge in [0.1, 0.15) is 12.2 Å². The van der Waals surface area contributed by atoms with Crippen LogP contribution in [0.3, 0.4) is 0 Å². The Labute approximate surface area is 150 Å². The molecule has 2 atom stereocenters. The number of rotatable bonds is 5. The van der Waals surface area contributed by atoms with Crippen molar-refractivity contribution in [1.29, 1.82) is 0 Å². The molecule has 0 spiro atoms. The van der Waals surface area contributed by atoms with Gasteiger partial charge in [-0.25, -0.2) is 0 Å². The summed E-state index contributed by atoms with van der Waals surface area (Å²) >= 11 is 0. The molecule has 0 saturated heterocycles. The molecule has 0 amide bonds. The standard InChI is InChI=1S/C20H18O6/c1-11(19(21)13-3-5-15-17(7-13)25-9-23-15)12(2)20(22)14-4-6-16-18(8-14)26-10-24-16/h3-8,19-22H,1-2,9-10H2/t19-,20-/m1/s1. The van der Waals surface area contributed by atoms with Crippen molar-refractivity contribution in [2.45, 2.75) is 12.2 Å². The summed E-state index contributed by atoms with van der Waals surface area (Å²) in [5, 5.41) is 21.3. The first-order chi connectivity index (χ1) is 12.5. The van der Waals surface area contributed by atoms with Gasteiger partial charge >= 0.3 is 0 Å². The highest BCUT2D eigenvalue weighted by molar-refractivity contribution is 5.50. The zero-order valence-electron chi connectivity index (χ0n) is 14.0. The van der Waals surface area contributed by atoms with E-state index in [1.54, 1.807) is 36.4 Å². The lowest BCUT2D eigenvalue weighted by molar-refractivity contribution is 0.173. The Bertz CT molecular complexity index is 814. The molecule has 2 N–H and O–H groups in total. The number of ether oxygens (including phenoxy) is 4. The quantitative estimate of drug-likeness (QED) is 0.804. The number of hydrogen-bond donors (Lipinski definition) is 2. The lowest BCUT2D eigenvalue weighted by atomic mass is 9.91. The summed E-state index contributed by atoms with van der Waals surface area (Å²) in [6, 6.07) is 10.3. The molecule has 6 nitrogen and oxygen atoms in total. The largest absolute Gasteiger partial charge is 0.454 e. The number of aliphatic hydroxyl groups excluding tert-OH is 2. The summed E-state index contributed by atoms with van der Waals surface area (Å²) in [5.74, 6) is 2.39. The topological polar surface area (TPSA) is 77.4 Å². The molecule has 4 rings (SSSR count). The fourth-order valence-corrected chi connectivity index (χ4v) is 2.92. The summed E-state index contributed by atoms with van der Waals surface area (Å²) in [6.07, 6.45) is -2.05. The van der Waals surface area contributed by atoms with Crippen LogP contribution in [0.5, 0.6) is 23.0 Å². The van der Waals surface area contributed by atoms with E-state index in [-0.39, 0.29) is 13.6 Å². The van der Waals surface area contributed by atoms with Crippen molar-refractivity contribution in [1.82, 2.24) is 0 Å². The lowest BCUT2D eigenvalue weighted by Crippen LogP contribution is -2.09. The van der Waals surface area contributed by atoms with Gasteiger partial charge in [0.15, 0.2) is 23.0 Å². The maximum atomic E-state index is 10.6. The van der Waals surface area contributed by atoms with Crippen LogP contribution in [-0.2, 0) is 0 Å². The highest BCUT2D eigenvalue weighted by Crippen LogP contribution is 2.40. The van der Waals surface area contributed by atoms with Crippen molar-refractivity contribution in [2.24, 2.45) is 0 Å². The Hall–Kier alpha value is -2.96. The van der Waals surface area contributed by atoms with Gasteiger partial charge in [-0.15, -0.1) is 0 Å². The molecule has 2 aromatic carbocycles. The summed E-state index contributed by atoms with van der Waals surface area (Å²) in [7, 11) is 0. The van der Waals surface area contributed by atoms with Crippen molar-refractivity contribution in [2.75, 3.05) is 13.6 Å². The molecule has 0 saturated carbocycles. The first-order valence-electron chi connectivity index (χ1n) is 8.08. The maximum absolute atomic E-state index is 10.6. The van der Waals surface area contributed by atoms with Crippen LogP contribution in [0.2, 0.25) is 0 Å². The summed E-state index contributed by atoms with van der Waals surface area (Å²) in [4.78, 5) is 0. The molecule has 2 aliphatic rings. The molecule has 0 aliphatic carbocycles. The monoisotopic (exact) mass is 354 g/mol. The molecule has 6 heteroatoms. The third-order valence-electron chi connectivity index (χ3n) is 4.50. The molecule has 0 fully saturated rings. The Balaban J connectivity index is 1.52. The zero-order chi connectivity index (χ0) is 18.3. The van der Waals surface area contributed by atoms with Crippen LogP contribution in [0.25, 0.3) is 0 Å². The van der Waals surface area contributed by atoms with Crippen LogP contribution in [0.1, 0.15) is 23.3 Å². The second-order valence-corrected chi connectivity index (χ2v) is 6.08. The predicted octanol–water partition coefficient (Wildman–Crippen LogP) is 3.02. The fraction of sp³-hybridized carbons (Fsp3) is 0.200. The van der Waals surface area contributed by atoms with Crippen LogP contribution in [-0.4, -0.2) is 23.8 Å². The normalized spacial score (nSPS) is 16.2. The van der Waals surface area contributed by atoms with Gasteiger partial charge in [0.2, 0.25) is 13.6 Å². The van der Waals surface area contributed by atoms with Gasteiger partial charge in [0.25, 0.3) is 0 Å². The van der Waals surface area contributed by atoms with Crippen molar-refractivity contribution in [3.05, 3.63) is 71.8 Å². The number of aliphatic hydroxyl groups is 2.